The maximum absolute atomic E-state index is 11.7. The van der Waals surface area contributed by atoms with Crippen LogP contribution in [-0.4, -0.2) is 41.3 Å². The molecule has 1 fully saturated rings. The lowest BCUT2D eigenvalue weighted by atomic mass is 9.83. The predicted octanol–water partition coefficient (Wildman–Crippen LogP) is 1.88. The predicted molar refractivity (Wildman–Crippen MR) is 62.7 cm³/mol. The number of likely N-dealkylation sites (tertiary alicyclic amines) is 1. The standard InChI is InChI=1S/C12H19NO4/c1-4-8-17-11(16)13-7-5-6-9(13)12(2,3)10(14)15/h4,9H,1,5-8H2,2-3H3,(H,14,15). The lowest BCUT2D eigenvalue weighted by Crippen LogP contribution is -2.48. The number of carboxylic acid groups (broad SMARTS) is 1. The molecule has 0 radical (unpaired) electrons. The Bertz CT molecular complexity index is 324. The van der Waals surface area contributed by atoms with Gasteiger partial charge in [-0.1, -0.05) is 12.7 Å². The van der Waals surface area contributed by atoms with Crippen LogP contribution in [0.1, 0.15) is 26.7 Å². The third-order valence-corrected chi connectivity index (χ3v) is 3.20. The van der Waals surface area contributed by atoms with E-state index in [1.807, 2.05) is 0 Å². The lowest BCUT2D eigenvalue weighted by Gasteiger charge is -2.33. The van der Waals surface area contributed by atoms with Gasteiger partial charge in [0.1, 0.15) is 6.61 Å². The Hall–Kier alpha value is -1.52. The molecular formula is C12H19NO4. The molecule has 1 heterocycles. The first kappa shape index (κ1) is 13.5. The summed E-state index contributed by atoms with van der Waals surface area (Å²) in [6.45, 7) is 7.44. The van der Waals surface area contributed by atoms with Crippen molar-refractivity contribution in [3.63, 3.8) is 0 Å². The second kappa shape index (κ2) is 5.21. The molecule has 0 aromatic rings. The summed E-state index contributed by atoms with van der Waals surface area (Å²) >= 11 is 0. The summed E-state index contributed by atoms with van der Waals surface area (Å²) in [4.78, 5) is 24.5. The molecule has 96 valence electrons. The Balaban J connectivity index is 2.76. The van der Waals surface area contributed by atoms with E-state index in [2.05, 4.69) is 6.58 Å². The van der Waals surface area contributed by atoms with Crippen molar-refractivity contribution in [2.75, 3.05) is 13.2 Å². The smallest absolute Gasteiger partial charge is 0.410 e. The van der Waals surface area contributed by atoms with Gasteiger partial charge in [0.05, 0.1) is 11.5 Å². The van der Waals surface area contributed by atoms with Gasteiger partial charge in [0.25, 0.3) is 0 Å². The molecule has 0 bridgehead atoms. The first-order valence-corrected chi connectivity index (χ1v) is 5.69. The Kier molecular flexibility index (Phi) is 4.15. The number of carbonyl (C=O) groups is 2. The molecular weight excluding hydrogens is 222 g/mol. The number of amides is 1. The summed E-state index contributed by atoms with van der Waals surface area (Å²) < 4.78 is 4.96. The van der Waals surface area contributed by atoms with Gasteiger partial charge < -0.3 is 14.7 Å². The maximum Gasteiger partial charge on any atom is 0.410 e. The van der Waals surface area contributed by atoms with E-state index in [9.17, 15) is 14.7 Å². The highest BCUT2D eigenvalue weighted by Gasteiger charge is 2.45. The Labute approximate surface area is 101 Å². The minimum Gasteiger partial charge on any atom is -0.481 e. The first-order chi connectivity index (χ1) is 7.91. The van der Waals surface area contributed by atoms with Crippen molar-refractivity contribution in [2.24, 2.45) is 5.41 Å². The van der Waals surface area contributed by atoms with E-state index in [4.69, 9.17) is 4.74 Å². The van der Waals surface area contributed by atoms with Gasteiger partial charge in [0.15, 0.2) is 0 Å². The number of carbonyl (C=O) groups excluding carboxylic acids is 1. The molecule has 1 saturated heterocycles. The fraction of sp³-hybridized carbons (Fsp3) is 0.667. The molecule has 1 N–H and O–H groups in total. The van der Waals surface area contributed by atoms with Crippen molar-refractivity contribution in [3.8, 4) is 0 Å². The average molecular weight is 241 g/mol. The molecule has 0 saturated carbocycles. The average Bonchev–Trinajstić information content (AvgIpc) is 2.74. The monoisotopic (exact) mass is 241 g/mol. The molecule has 1 unspecified atom stereocenters. The third-order valence-electron chi connectivity index (χ3n) is 3.20. The van der Waals surface area contributed by atoms with Gasteiger partial charge in [-0.3, -0.25) is 4.79 Å². The van der Waals surface area contributed by atoms with Gasteiger partial charge in [-0.15, -0.1) is 0 Å². The summed E-state index contributed by atoms with van der Waals surface area (Å²) in [6, 6.07) is -0.308. The molecule has 1 atom stereocenters. The molecule has 0 aliphatic carbocycles. The number of hydrogen-bond donors (Lipinski definition) is 1. The third kappa shape index (κ3) is 2.78. The van der Waals surface area contributed by atoms with E-state index in [0.29, 0.717) is 13.0 Å². The van der Waals surface area contributed by atoms with Crippen molar-refractivity contribution >= 4 is 12.1 Å². The quantitative estimate of drug-likeness (QED) is 0.763. The van der Waals surface area contributed by atoms with Crippen LogP contribution in [0, 0.1) is 5.41 Å². The molecule has 17 heavy (non-hydrogen) atoms. The summed E-state index contributed by atoms with van der Waals surface area (Å²) in [5, 5.41) is 9.18. The fourth-order valence-corrected chi connectivity index (χ4v) is 2.09. The van der Waals surface area contributed by atoms with Crippen molar-refractivity contribution in [1.82, 2.24) is 4.90 Å². The van der Waals surface area contributed by atoms with Crippen LogP contribution in [0.25, 0.3) is 0 Å². The van der Waals surface area contributed by atoms with E-state index >= 15 is 0 Å². The zero-order chi connectivity index (χ0) is 13.1. The first-order valence-electron chi connectivity index (χ1n) is 5.69. The van der Waals surface area contributed by atoms with Crippen molar-refractivity contribution in [3.05, 3.63) is 12.7 Å². The molecule has 1 aliphatic heterocycles. The van der Waals surface area contributed by atoms with Crippen LogP contribution >= 0.6 is 0 Å². The number of carboxylic acids is 1. The number of ether oxygens (including phenoxy) is 1. The molecule has 0 aromatic carbocycles. The summed E-state index contributed by atoms with van der Waals surface area (Å²) in [5.74, 6) is -0.897. The Morgan fingerprint density at radius 1 is 1.59 bits per heavy atom. The fourth-order valence-electron chi connectivity index (χ4n) is 2.09. The van der Waals surface area contributed by atoms with Crippen LogP contribution < -0.4 is 0 Å². The molecule has 0 spiro atoms. The minimum absolute atomic E-state index is 0.148. The van der Waals surface area contributed by atoms with E-state index in [-0.39, 0.29) is 12.6 Å². The van der Waals surface area contributed by atoms with Crippen LogP contribution in [0.4, 0.5) is 4.79 Å². The molecule has 1 rings (SSSR count). The number of aliphatic carboxylic acids is 1. The summed E-state index contributed by atoms with van der Waals surface area (Å²) in [5.41, 5.74) is -0.955. The van der Waals surface area contributed by atoms with Crippen LogP contribution in [0.2, 0.25) is 0 Å². The topological polar surface area (TPSA) is 66.8 Å². The van der Waals surface area contributed by atoms with E-state index in [1.165, 1.54) is 11.0 Å². The van der Waals surface area contributed by atoms with E-state index < -0.39 is 17.5 Å². The normalized spacial score (nSPS) is 20.1. The molecule has 1 aliphatic rings. The summed E-state index contributed by atoms with van der Waals surface area (Å²) in [7, 11) is 0. The molecule has 5 nitrogen and oxygen atoms in total. The van der Waals surface area contributed by atoms with Gasteiger partial charge in [-0.05, 0) is 26.7 Å². The van der Waals surface area contributed by atoms with Crippen molar-refractivity contribution in [1.29, 1.82) is 0 Å². The van der Waals surface area contributed by atoms with Gasteiger partial charge in [-0.2, -0.15) is 0 Å². The second-order valence-electron chi connectivity index (χ2n) is 4.74. The highest BCUT2D eigenvalue weighted by atomic mass is 16.6. The Morgan fingerprint density at radius 3 is 2.76 bits per heavy atom. The van der Waals surface area contributed by atoms with Crippen LogP contribution in [0.15, 0.2) is 12.7 Å². The SMILES string of the molecule is C=CCOC(=O)N1CCCC1C(C)(C)C(=O)O. The van der Waals surface area contributed by atoms with Crippen LogP contribution in [-0.2, 0) is 9.53 Å². The minimum atomic E-state index is -0.955. The van der Waals surface area contributed by atoms with Crippen LogP contribution in [0.5, 0.6) is 0 Å². The van der Waals surface area contributed by atoms with Gasteiger partial charge in [-0.25, -0.2) is 4.79 Å². The van der Waals surface area contributed by atoms with E-state index in [0.717, 1.165) is 6.42 Å². The van der Waals surface area contributed by atoms with Crippen LogP contribution in [0.3, 0.4) is 0 Å². The van der Waals surface area contributed by atoms with Gasteiger partial charge in [0.2, 0.25) is 0 Å². The zero-order valence-electron chi connectivity index (χ0n) is 10.3. The second-order valence-corrected chi connectivity index (χ2v) is 4.74. The van der Waals surface area contributed by atoms with E-state index in [1.54, 1.807) is 13.8 Å². The van der Waals surface area contributed by atoms with Crippen molar-refractivity contribution < 1.29 is 19.4 Å². The maximum atomic E-state index is 11.7. The highest BCUT2D eigenvalue weighted by Crippen LogP contribution is 2.33. The summed E-state index contributed by atoms with van der Waals surface area (Å²) in [6.07, 6.45) is 2.54. The largest absolute Gasteiger partial charge is 0.481 e. The number of rotatable bonds is 4. The lowest BCUT2D eigenvalue weighted by molar-refractivity contribution is -0.149. The molecule has 1 amide bonds. The Morgan fingerprint density at radius 2 is 2.24 bits per heavy atom. The highest BCUT2D eigenvalue weighted by molar-refractivity contribution is 5.77. The number of nitrogens with zero attached hydrogens (tertiary/aromatic N) is 1. The van der Waals surface area contributed by atoms with Gasteiger partial charge in [0, 0.05) is 6.54 Å². The van der Waals surface area contributed by atoms with Crippen molar-refractivity contribution in [2.45, 2.75) is 32.7 Å². The molecule has 0 aromatic heterocycles. The number of hydrogen-bond acceptors (Lipinski definition) is 3. The zero-order valence-corrected chi connectivity index (χ0v) is 10.3. The molecule has 5 heteroatoms. The van der Waals surface area contributed by atoms with Gasteiger partial charge >= 0.3 is 12.1 Å².